The third-order valence-electron chi connectivity index (χ3n) is 30.3. The molecule has 0 saturated carbocycles. The van der Waals surface area contributed by atoms with Crippen molar-refractivity contribution in [1.82, 2.24) is 4.57 Å². The largest absolute Gasteiger partial charge is 0.454 e. The molecule has 22 aromatic carbocycles. The van der Waals surface area contributed by atoms with Crippen LogP contribution in [0.4, 0.5) is 85.3 Å². The molecule has 8 aliphatic rings. The summed E-state index contributed by atoms with van der Waals surface area (Å²) in [5.41, 5.74) is 36.9. The maximum absolute atomic E-state index is 6.48. The van der Waals surface area contributed by atoms with Crippen molar-refractivity contribution in [2.45, 2.75) is 55.1 Å². The van der Waals surface area contributed by atoms with Crippen molar-refractivity contribution >= 4 is 263 Å². The van der Waals surface area contributed by atoms with Gasteiger partial charge >= 0.3 is 0 Å². The second-order valence-electron chi connectivity index (χ2n) is 38.6. The van der Waals surface area contributed by atoms with Gasteiger partial charge in [0.1, 0.15) is 5.58 Å². The van der Waals surface area contributed by atoms with E-state index in [1.165, 1.54) is 227 Å². The Kier molecular flexibility index (Phi) is 20.2. The molecule has 4 aliphatic heterocycles. The fourth-order valence-corrected chi connectivity index (χ4v) is 28.9. The molecule has 33 rings (SSSR count). The first-order valence-corrected chi connectivity index (χ1v) is 53.7. The normalized spacial score (nSPS) is 13.8. The summed E-state index contributed by atoms with van der Waals surface area (Å²) in [6.07, 6.45) is 22.1. The highest BCUT2D eigenvalue weighted by atomic mass is 32.2. The van der Waals surface area contributed by atoms with E-state index < -0.39 is 0 Å². The van der Waals surface area contributed by atoms with E-state index in [1.54, 1.807) is 0 Å². The Morgan fingerprint density at radius 3 is 1.22 bits per heavy atom. The topological polar surface area (TPSA) is 34.3 Å². The van der Waals surface area contributed by atoms with Gasteiger partial charge in [-0.1, -0.05) is 363 Å². The van der Waals surface area contributed by atoms with Gasteiger partial charge in [0, 0.05) is 89.1 Å². The Hall–Kier alpha value is -17.3. The van der Waals surface area contributed by atoms with E-state index in [-0.39, 0.29) is 0 Å². The van der Waals surface area contributed by atoms with Crippen molar-refractivity contribution in [2.75, 3.05) is 24.5 Å². The number of allylic oxidation sites excluding steroid dienone is 4. The number of hydrogen-bond donors (Lipinski definition) is 0. The van der Waals surface area contributed by atoms with Crippen molar-refractivity contribution in [2.24, 2.45) is 0 Å². The SMILES string of the molecule is C1=Cc2cccc3cc4c(c(c23)C1)N(c1ccccc1)c1cc(-c2ccccc2)ccc1N4c1ccc2c(c1)c1ccccc1n2-c1ccccc1.C1=Cc2cccc3cc4c(c(c23)C1)Sc1ccccc1N4c1cccc2c1oc1ccccc12.C1=Cc2cccc3cc4c(c(c23)C1)Sc1ccccc1N4c1cccc2c1sc1ccccc12.C1=Cc2cccc3cc4c(c(c23)C1)Sc1ccccc1N4c1ccccc1. The number of thiophene rings is 1. The first-order chi connectivity index (χ1) is 72.9. The zero-order chi connectivity index (χ0) is 96.4. The lowest BCUT2D eigenvalue weighted by molar-refractivity contribution is 0.669. The highest BCUT2D eigenvalue weighted by Gasteiger charge is 2.39. The standard InChI is InChI=1S/C49H33N3.C31H19NOS.C31H19NS2.C25H17NS/c1-4-14-33(15-5-1)35-26-28-45-46(30-35)52(38-21-8-3-9-22-38)49-41-24-13-17-34-16-12-18-36(48(34)41)31-47(49)51(45)39-27-29-44-42(32-39)40-23-10-11-25-43(40)50(44)37-19-6-2-7-20-37;2*1-3-16-27-21(11-1)22-12-7-15-25(30(22)33-27)32-24-14-2-4-17-28(24)34-31-23-13-6-9-19-8-5-10-20(29(19)23)18-26(31)32;1-2-11-19(12-3-1)26-21-14-4-5-15-23(21)27-25-20-13-7-9-17-8-6-10-18(24(17)20)16-22(25)26/h1-23,25-32H,24H2;2*1-12,14-18H,13H2;1-12,14-16H,13H2. The predicted molar refractivity (Wildman–Crippen MR) is 626 cm³/mol. The molecule has 7 heterocycles. The molecule has 147 heavy (non-hydrogen) atoms. The number of furan rings is 1. The highest BCUT2D eigenvalue weighted by molar-refractivity contribution is 8.00. The molecule has 7 nitrogen and oxygen atoms in total. The number of nitrogens with zero attached hydrogens (tertiary/aromatic N) is 6. The molecule has 692 valence electrons. The van der Waals surface area contributed by atoms with Crippen LogP contribution >= 0.6 is 46.6 Å². The summed E-state index contributed by atoms with van der Waals surface area (Å²) < 4.78 is 11.6. The number of rotatable bonds is 7. The third-order valence-corrected chi connectivity index (χ3v) is 35.2. The average Bonchev–Trinajstić information content (AvgIpc) is 1.42. The molecule has 0 atom stereocenters. The summed E-state index contributed by atoms with van der Waals surface area (Å²) in [4.78, 5) is 20.4. The molecule has 0 N–H and O–H groups in total. The summed E-state index contributed by atoms with van der Waals surface area (Å²) in [5.74, 6) is 0. The van der Waals surface area contributed by atoms with Crippen LogP contribution < -0.4 is 24.5 Å². The molecule has 0 fully saturated rings. The number of aromatic nitrogens is 1. The van der Waals surface area contributed by atoms with Crippen LogP contribution in [0.25, 0.3) is 148 Å². The molecule has 0 radical (unpaired) electrons. The van der Waals surface area contributed by atoms with E-state index in [0.717, 1.165) is 81.7 Å². The van der Waals surface area contributed by atoms with E-state index in [0.29, 0.717) is 0 Å². The van der Waals surface area contributed by atoms with Crippen LogP contribution in [0.5, 0.6) is 0 Å². The van der Waals surface area contributed by atoms with Crippen LogP contribution in [0.2, 0.25) is 0 Å². The van der Waals surface area contributed by atoms with Crippen molar-refractivity contribution in [3.63, 3.8) is 0 Å². The molecule has 0 bridgehead atoms. The van der Waals surface area contributed by atoms with E-state index in [4.69, 9.17) is 4.42 Å². The minimum Gasteiger partial charge on any atom is -0.454 e. The fraction of sp³-hybridized carbons (Fsp3) is 0.0294. The molecule has 0 unspecified atom stereocenters. The van der Waals surface area contributed by atoms with Gasteiger partial charge < -0.3 is 33.5 Å². The van der Waals surface area contributed by atoms with Gasteiger partial charge in [-0.3, -0.25) is 0 Å². The minimum absolute atomic E-state index is 0.866. The molecule has 0 spiro atoms. The van der Waals surface area contributed by atoms with E-state index in [2.05, 4.69) is 508 Å². The summed E-state index contributed by atoms with van der Waals surface area (Å²) in [5, 5.41) is 18.2. The Morgan fingerprint density at radius 1 is 0.224 bits per heavy atom. The Morgan fingerprint density at radius 2 is 0.639 bits per heavy atom. The van der Waals surface area contributed by atoms with Crippen molar-refractivity contribution < 1.29 is 4.42 Å². The second-order valence-corrected chi connectivity index (χ2v) is 42.8. The van der Waals surface area contributed by atoms with Gasteiger partial charge in [-0.25, -0.2) is 0 Å². The van der Waals surface area contributed by atoms with Crippen molar-refractivity contribution in [3.05, 3.63) is 506 Å². The zero-order valence-electron chi connectivity index (χ0n) is 79.7. The minimum atomic E-state index is 0.866. The van der Waals surface area contributed by atoms with Crippen LogP contribution in [0, 0.1) is 0 Å². The molecule has 0 saturated heterocycles. The average molecular weight is 1950 g/mol. The van der Waals surface area contributed by atoms with Gasteiger partial charge in [-0.2, -0.15) is 0 Å². The maximum Gasteiger partial charge on any atom is 0.159 e. The van der Waals surface area contributed by atoms with Crippen molar-refractivity contribution in [1.29, 1.82) is 0 Å². The van der Waals surface area contributed by atoms with Crippen LogP contribution in [-0.2, 0) is 25.7 Å². The van der Waals surface area contributed by atoms with E-state index in [9.17, 15) is 0 Å². The van der Waals surface area contributed by atoms with E-state index in [1.807, 2.05) is 52.7 Å². The Labute approximate surface area is 867 Å². The molecule has 25 aromatic rings. The Bertz CT molecular complexity index is 9700. The summed E-state index contributed by atoms with van der Waals surface area (Å²) in [6, 6.07) is 159. The summed E-state index contributed by atoms with van der Waals surface area (Å²) in [7, 11) is 0. The number of fused-ring (bicyclic) bond motifs is 21. The quantitative estimate of drug-likeness (QED) is 0.155. The monoisotopic (exact) mass is 1950 g/mol. The molecule has 4 aliphatic carbocycles. The second kappa shape index (κ2) is 34.8. The van der Waals surface area contributed by atoms with Crippen LogP contribution in [0.1, 0.15) is 44.5 Å². The first-order valence-electron chi connectivity index (χ1n) is 50.5. The predicted octanol–water partition coefficient (Wildman–Crippen LogP) is 39.7. The van der Waals surface area contributed by atoms with Crippen LogP contribution in [-0.4, -0.2) is 4.57 Å². The van der Waals surface area contributed by atoms with Gasteiger partial charge in [0.05, 0.1) is 84.0 Å². The molecular formula is C136H88N6OS4. The van der Waals surface area contributed by atoms with Crippen LogP contribution in [0.3, 0.4) is 0 Å². The number of para-hydroxylation sites is 9. The lowest BCUT2D eigenvalue weighted by atomic mass is 9.88. The maximum atomic E-state index is 6.48. The summed E-state index contributed by atoms with van der Waals surface area (Å²) in [6.45, 7) is 0. The smallest absolute Gasteiger partial charge is 0.159 e. The van der Waals surface area contributed by atoms with Gasteiger partial charge in [0.15, 0.2) is 5.58 Å². The van der Waals surface area contributed by atoms with Gasteiger partial charge in [0.2, 0.25) is 0 Å². The zero-order valence-corrected chi connectivity index (χ0v) is 83.0. The number of anilines is 15. The molecule has 11 heteroatoms. The molecule has 0 amide bonds. The lowest BCUT2D eigenvalue weighted by Gasteiger charge is -2.42. The molecular weight excluding hydrogens is 1860 g/mol. The van der Waals surface area contributed by atoms with Gasteiger partial charge in [-0.05, 0) is 282 Å². The molecule has 3 aromatic heterocycles. The third kappa shape index (κ3) is 13.8. The van der Waals surface area contributed by atoms with Gasteiger partial charge in [0.25, 0.3) is 0 Å². The Balaban J connectivity index is 0.0000000934. The number of benzene rings is 22. The fourth-order valence-electron chi connectivity index (χ4n) is 24.1. The number of hydrogen-bond acceptors (Lipinski definition) is 10. The summed E-state index contributed by atoms with van der Waals surface area (Å²) >= 11 is 7.63. The van der Waals surface area contributed by atoms with Crippen LogP contribution in [0.15, 0.2) is 495 Å². The first kappa shape index (κ1) is 85.3. The highest BCUT2D eigenvalue weighted by Crippen LogP contribution is 2.64. The van der Waals surface area contributed by atoms with Crippen molar-refractivity contribution in [3.8, 4) is 16.8 Å². The lowest BCUT2D eigenvalue weighted by Crippen LogP contribution is -2.25. The van der Waals surface area contributed by atoms with Gasteiger partial charge in [-0.15, -0.1) is 11.3 Å². The van der Waals surface area contributed by atoms with E-state index >= 15 is 0 Å².